The summed E-state index contributed by atoms with van der Waals surface area (Å²) in [5, 5.41) is 4.22. The Morgan fingerprint density at radius 1 is 1.44 bits per heavy atom. The quantitative estimate of drug-likeness (QED) is 0.616. The van der Waals surface area contributed by atoms with Crippen molar-refractivity contribution in [1.82, 2.24) is 5.32 Å². The van der Waals surface area contributed by atoms with Gasteiger partial charge in [0.25, 0.3) is 5.24 Å². The highest BCUT2D eigenvalue weighted by atomic mass is 79.9. The van der Waals surface area contributed by atoms with Gasteiger partial charge in [-0.3, -0.25) is 4.79 Å². The molecule has 0 aromatic heterocycles. The third-order valence-electron chi connectivity index (χ3n) is 1.66. The van der Waals surface area contributed by atoms with Gasteiger partial charge < -0.3 is 5.32 Å². The second kappa shape index (κ2) is 7.58. The van der Waals surface area contributed by atoms with Crippen LogP contribution in [0.4, 0.5) is 4.79 Å². The summed E-state index contributed by atoms with van der Waals surface area (Å²) in [7, 11) is 0. The zero-order chi connectivity index (χ0) is 12.0. The maximum Gasteiger partial charge on any atom is 0.283 e. The first-order valence-corrected chi connectivity index (χ1v) is 7.76. The van der Waals surface area contributed by atoms with Crippen molar-refractivity contribution < 1.29 is 4.79 Å². The molecule has 0 radical (unpaired) electrons. The van der Waals surface area contributed by atoms with Gasteiger partial charge >= 0.3 is 0 Å². The molecule has 1 amide bonds. The number of hydrogen-bond acceptors (Lipinski definition) is 2. The zero-order valence-electron chi connectivity index (χ0n) is 8.25. The van der Waals surface area contributed by atoms with Gasteiger partial charge in [0.2, 0.25) is 0 Å². The number of nitrogens with one attached hydrogen (secondary N) is 1. The van der Waals surface area contributed by atoms with E-state index in [2.05, 4.69) is 37.2 Å². The van der Waals surface area contributed by atoms with Crippen LogP contribution in [0, 0.1) is 0 Å². The smallest absolute Gasteiger partial charge is 0.283 e. The molecule has 2 nitrogen and oxygen atoms in total. The summed E-state index contributed by atoms with van der Waals surface area (Å²) in [5.41, 5.74) is 0. The lowest BCUT2D eigenvalue weighted by Crippen LogP contribution is -2.26. The molecule has 0 saturated carbocycles. The third-order valence-corrected chi connectivity index (χ3v) is 5.05. The van der Waals surface area contributed by atoms with Gasteiger partial charge in [-0.25, -0.2) is 0 Å². The summed E-state index contributed by atoms with van der Waals surface area (Å²) >= 11 is 13.6. The minimum Gasteiger partial charge on any atom is -0.346 e. The van der Waals surface area contributed by atoms with E-state index in [9.17, 15) is 4.79 Å². The fourth-order valence-corrected chi connectivity index (χ4v) is 2.05. The Balaban J connectivity index is 2.37. The summed E-state index contributed by atoms with van der Waals surface area (Å²) in [6, 6.07) is 7.18. The number of hydrogen-bond donors (Lipinski definition) is 1. The van der Waals surface area contributed by atoms with Crippen LogP contribution in [0.2, 0.25) is 5.02 Å². The number of carbonyl (C=O) groups excluding carboxylic acids is 1. The Morgan fingerprint density at radius 3 is 2.62 bits per heavy atom. The number of amides is 1. The van der Waals surface area contributed by atoms with Crippen molar-refractivity contribution in [3.63, 3.8) is 0 Å². The van der Waals surface area contributed by atoms with E-state index in [-0.39, 0.29) is 10.1 Å². The number of benzene rings is 1. The van der Waals surface area contributed by atoms with E-state index in [1.165, 1.54) is 0 Å². The van der Waals surface area contributed by atoms with E-state index < -0.39 is 0 Å². The molecule has 1 N–H and O–H groups in total. The molecule has 0 spiro atoms. The molecular weight excluding hydrogens is 377 g/mol. The first-order valence-electron chi connectivity index (χ1n) is 4.53. The Labute approximate surface area is 121 Å². The molecule has 0 aliphatic rings. The summed E-state index contributed by atoms with van der Waals surface area (Å²) < 4.78 is 0. The van der Waals surface area contributed by atoms with Gasteiger partial charge in [0.1, 0.15) is 0 Å². The number of carbonyl (C=O) groups is 1. The summed E-state index contributed by atoms with van der Waals surface area (Å²) in [5.74, 6) is 0. The predicted molar refractivity (Wildman–Crippen MR) is 77.2 cm³/mol. The fraction of sp³-hybridized carbons (Fsp3) is 0.300. The molecule has 1 rings (SSSR count). The molecule has 0 aliphatic heterocycles. The Morgan fingerprint density at radius 2 is 2.06 bits per heavy atom. The maximum absolute atomic E-state index is 11.5. The first kappa shape index (κ1) is 14.4. The standard InChI is InChI=1S/C10H10Br2ClNOS/c11-5-7(12)6-14-10(15)16-9-3-1-8(13)2-4-9/h1-4,7H,5-6H2,(H,14,15). The summed E-state index contributed by atoms with van der Waals surface area (Å²) in [6.07, 6.45) is 0. The SMILES string of the molecule is O=C(NCC(Br)CBr)Sc1ccc(Cl)cc1. The molecular formula is C10H10Br2ClNOS. The second-order valence-electron chi connectivity index (χ2n) is 2.98. The Hall–Kier alpha value is 0.290. The van der Waals surface area contributed by atoms with Crippen molar-refractivity contribution in [2.24, 2.45) is 0 Å². The van der Waals surface area contributed by atoms with Crippen LogP contribution in [0.3, 0.4) is 0 Å². The molecule has 6 heteroatoms. The number of halogens is 3. The minimum atomic E-state index is -0.0623. The third kappa shape index (κ3) is 5.57. The maximum atomic E-state index is 11.5. The van der Waals surface area contributed by atoms with Crippen LogP contribution in [0.15, 0.2) is 29.2 Å². The monoisotopic (exact) mass is 385 g/mol. The highest BCUT2D eigenvalue weighted by Crippen LogP contribution is 2.20. The highest BCUT2D eigenvalue weighted by molar-refractivity contribution is 9.12. The van der Waals surface area contributed by atoms with Crippen LogP contribution in [0.1, 0.15) is 0 Å². The van der Waals surface area contributed by atoms with Crippen molar-refractivity contribution in [1.29, 1.82) is 0 Å². The van der Waals surface area contributed by atoms with Crippen LogP contribution in [-0.4, -0.2) is 21.9 Å². The van der Waals surface area contributed by atoms with Gasteiger partial charge in [0.05, 0.1) is 0 Å². The molecule has 0 saturated heterocycles. The molecule has 1 atom stereocenters. The van der Waals surface area contributed by atoms with Crippen molar-refractivity contribution in [2.75, 3.05) is 11.9 Å². The van der Waals surface area contributed by atoms with Gasteiger partial charge in [-0.1, -0.05) is 43.5 Å². The van der Waals surface area contributed by atoms with Gasteiger partial charge in [-0.15, -0.1) is 0 Å². The minimum absolute atomic E-state index is 0.0623. The molecule has 16 heavy (non-hydrogen) atoms. The predicted octanol–water partition coefficient (Wildman–Crippen LogP) is 4.30. The van der Waals surface area contributed by atoms with Crippen molar-refractivity contribution in [3.8, 4) is 0 Å². The van der Waals surface area contributed by atoms with E-state index in [0.717, 1.165) is 22.0 Å². The average Bonchev–Trinajstić information content (AvgIpc) is 2.29. The largest absolute Gasteiger partial charge is 0.346 e. The first-order chi connectivity index (χ1) is 7.61. The summed E-state index contributed by atoms with van der Waals surface area (Å²) in [6.45, 7) is 0.602. The van der Waals surface area contributed by atoms with E-state index in [1.807, 2.05) is 12.1 Å². The lowest BCUT2D eigenvalue weighted by Gasteiger charge is -2.07. The van der Waals surface area contributed by atoms with Gasteiger partial charge in [0, 0.05) is 26.6 Å². The molecule has 0 heterocycles. The van der Waals surface area contributed by atoms with Gasteiger partial charge in [-0.2, -0.15) is 0 Å². The van der Waals surface area contributed by atoms with Crippen LogP contribution < -0.4 is 5.32 Å². The van der Waals surface area contributed by atoms with Crippen molar-refractivity contribution >= 4 is 60.5 Å². The van der Waals surface area contributed by atoms with Crippen molar-refractivity contribution in [3.05, 3.63) is 29.3 Å². The number of alkyl halides is 2. The van der Waals surface area contributed by atoms with Crippen molar-refractivity contribution in [2.45, 2.75) is 9.72 Å². The van der Waals surface area contributed by atoms with Crippen LogP contribution in [-0.2, 0) is 0 Å². The average molecular weight is 388 g/mol. The van der Waals surface area contributed by atoms with E-state index >= 15 is 0 Å². The van der Waals surface area contributed by atoms with E-state index in [0.29, 0.717) is 11.6 Å². The van der Waals surface area contributed by atoms with Crippen LogP contribution in [0.25, 0.3) is 0 Å². The van der Waals surface area contributed by atoms with Crippen LogP contribution >= 0.6 is 55.2 Å². The second-order valence-corrected chi connectivity index (χ2v) is 6.40. The van der Waals surface area contributed by atoms with E-state index in [4.69, 9.17) is 11.6 Å². The normalized spacial score (nSPS) is 12.2. The lowest BCUT2D eigenvalue weighted by atomic mass is 10.4. The molecule has 0 aliphatic carbocycles. The Kier molecular flexibility index (Phi) is 6.80. The number of rotatable bonds is 4. The zero-order valence-corrected chi connectivity index (χ0v) is 13.0. The summed E-state index contributed by atoms with van der Waals surface area (Å²) in [4.78, 5) is 12.6. The molecule has 0 fully saturated rings. The molecule has 1 aromatic carbocycles. The topological polar surface area (TPSA) is 29.1 Å². The molecule has 88 valence electrons. The molecule has 1 aromatic rings. The molecule has 1 unspecified atom stereocenters. The van der Waals surface area contributed by atoms with Gasteiger partial charge in [0.15, 0.2) is 0 Å². The van der Waals surface area contributed by atoms with Crippen LogP contribution in [0.5, 0.6) is 0 Å². The fourth-order valence-electron chi connectivity index (χ4n) is 0.894. The van der Waals surface area contributed by atoms with E-state index in [1.54, 1.807) is 12.1 Å². The number of thioether (sulfide) groups is 1. The van der Waals surface area contributed by atoms with Gasteiger partial charge in [-0.05, 0) is 36.0 Å². The Bertz CT molecular complexity index is 347. The molecule has 0 bridgehead atoms. The lowest BCUT2D eigenvalue weighted by molar-refractivity contribution is 0.261. The highest BCUT2D eigenvalue weighted by Gasteiger charge is 2.07.